The topological polar surface area (TPSA) is 54.5 Å². The van der Waals surface area contributed by atoms with Crippen molar-refractivity contribution in [1.29, 1.82) is 0 Å². The van der Waals surface area contributed by atoms with Crippen LogP contribution in [-0.4, -0.2) is 48.7 Å². The van der Waals surface area contributed by atoms with Gasteiger partial charge in [0.2, 0.25) is 5.91 Å². The fourth-order valence-electron chi connectivity index (χ4n) is 2.12. The van der Waals surface area contributed by atoms with Gasteiger partial charge in [-0.25, -0.2) is 8.42 Å². The lowest BCUT2D eigenvalue weighted by Gasteiger charge is -2.27. The molecule has 0 spiro atoms. The van der Waals surface area contributed by atoms with Crippen molar-refractivity contribution >= 4 is 27.3 Å². The minimum Gasteiger partial charge on any atom is -0.335 e. The molecule has 0 aromatic rings. The van der Waals surface area contributed by atoms with Gasteiger partial charge in [0.1, 0.15) is 5.88 Å². The van der Waals surface area contributed by atoms with E-state index in [1.807, 2.05) is 0 Å². The van der Waals surface area contributed by atoms with E-state index in [0.717, 1.165) is 12.8 Å². The Bertz CT molecular complexity index is 364. The van der Waals surface area contributed by atoms with E-state index in [1.54, 1.807) is 4.90 Å². The first-order valence-electron chi connectivity index (χ1n) is 5.11. The SMILES string of the molecule is O=C(CCl)N(C1CC1)[C@@H]1CCS(=O)(=O)C1. The van der Waals surface area contributed by atoms with Gasteiger partial charge >= 0.3 is 0 Å². The minimum absolute atomic E-state index is 0.0486. The highest BCUT2D eigenvalue weighted by Gasteiger charge is 2.41. The lowest BCUT2D eigenvalue weighted by molar-refractivity contribution is -0.130. The van der Waals surface area contributed by atoms with Gasteiger partial charge in [0, 0.05) is 12.1 Å². The van der Waals surface area contributed by atoms with Crippen LogP contribution in [0.15, 0.2) is 0 Å². The van der Waals surface area contributed by atoms with Crippen LogP contribution in [0.5, 0.6) is 0 Å². The first-order chi connectivity index (χ1) is 7.03. The maximum Gasteiger partial charge on any atom is 0.238 e. The molecule has 4 nitrogen and oxygen atoms in total. The van der Waals surface area contributed by atoms with Crippen LogP contribution >= 0.6 is 11.6 Å². The Morgan fingerprint density at radius 3 is 2.33 bits per heavy atom. The predicted molar refractivity (Wildman–Crippen MR) is 57.6 cm³/mol. The van der Waals surface area contributed by atoms with Crippen molar-refractivity contribution in [3.8, 4) is 0 Å². The van der Waals surface area contributed by atoms with Crippen molar-refractivity contribution in [2.45, 2.75) is 31.3 Å². The average Bonchev–Trinajstić information content (AvgIpc) is 2.92. The van der Waals surface area contributed by atoms with E-state index in [0.29, 0.717) is 6.42 Å². The summed E-state index contributed by atoms with van der Waals surface area (Å²) >= 11 is 5.53. The molecule has 6 heteroatoms. The van der Waals surface area contributed by atoms with Gasteiger partial charge in [0.05, 0.1) is 11.5 Å². The zero-order valence-electron chi connectivity index (χ0n) is 8.36. The molecule has 15 heavy (non-hydrogen) atoms. The van der Waals surface area contributed by atoms with Crippen molar-refractivity contribution in [2.24, 2.45) is 0 Å². The van der Waals surface area contributed by atoms with Crippen molar-refractivity contribution in [3.05, 3.63) is 0 Å². The quantitative estimate of drug-likeness (QED) is 0.683. The molecule has 1 aliphatic heterocycles. The van der Waals surface area contributed by atoms with Gasteiger partial charge in [0.25, 0.3) is 0 Å². The minimum atomic E-state index is -2.92. The van der Waals surface area contributed by atoms with E-state index in [4.69, 9.17) is 11.6 Å². The molecule has 0 radical (unpaired) electrons. The van der Waals surface area contributed by atoms with Crippen LogP contribution in [-0.2, 0) is 14.6 Å². The Hall–Kier alpha value is -0.290. The highest BCUT2D eigenvalue weighted by molar-refractivity contribution is 7.91. The summed E-state index contributed by atoms with van der Waals surface area (Å²) in [5, 5.41) is 0. The van der Waals surface area contributed by atoms with Gasteiger partial charge in [-0.05, 0) is 19.3 Å². The fraction of sp³-hybridized carbons (Fsp3) is 0.889. The van der Waals surface area contributed by atoms with Gasteiger partial charge in [-0.2, -0.15) is 0 Å². The van der Waals surface area contributed by atoms with Crippen molar-refractivity contribution < 1.29 is 13.2 Å². The second-order valence-electron chi connectivity index (χ2n) is 4.22. The summed E-state index contributed by atoms with van der Waals surface area (Å²) < 4.78 is 22.7. The van der Waals surface area contributed by atoms with E-state index in [9.17, 15) is 13.2 Å². The number of halogens is 1. The molecule has 1 saturated heterocycles. The molecule has 2 aliphatic rings. The van der Waals surface area contributed by atoms with Gasteiger partial charge in [-0.1, -0.05) is 0 Å². The van der Waals surface area contributed by atoms with E-state index in [2.05, 4.69) is 0 Å². The molecular formula is C9H14ClNO3S. The van der Waals surface area contributed by atoms with E-state index in [1.165, 1.54) is 0 Å². The lowest BCUT2D eigenvalue weighted by Crippen LogP contribution is -2.43. The van der Waals surface area contributed by atoms with Crippen LogP contribution in [0, 0.1) is 0 Å². The number of carbonyl (C=O) groups is 1. The summed E-state index contributed by atoms with van der Waals surface area (Å²) in [5.41, 5.74) is 0. The molecule has 86 valence electrons. The Kier molecular flexibility index (Phi) is 2.94. The molecule has 1 aliphatic carbocycles. The number of rotatable bonds is 3. The molecule has 1 saturated carbocycles. The smallest absolute Gasteiger partial charge is 0.238 e. The van der Waals surface area contributed by atoms with E-state index in [-0.39, 0.29) is 35.4 Å². The monoisotopic (exact) mass is 251 g/mol. The second-order valence-corrected chi connectivity index (χ2v) is 6.72. The third-order valence-corrected chi connectivity index (χ3v) is 4.92. The standard InChI is InChI=1S/C9H14ClNO3S/c10-5-9(12)11(7-1-2-7)8-3-4-15(13,14)6-8/h7-8H,1-6H2/t8-/m1/s1. The molecule has 1 atom stereocenters. The van der Waals surface area contributed by atoms with E-state index >= 15 is 0 Å². The average molecular weight is 252 g/mol. The molecule has 1 heterocycles. The van der Waals surface area contributed by atoms with Crippen LogP contribution in [0.2, 0.25) is 0 Å². The first kappa shape index (κ1) is 11.2. The van der Waals surface area contributed by atoms with Gasteiger partial charge in [-0.3, -0.25) is 4.79 Å². The molecule has 0 bridgehead atoms. The fourth-order valence-corrected chi connectivity index (χ4v) is 3.97. The van der Waals surface area contributed by atoms with Crippen LogP contribution in [0.25, 0.3) is 0 Å². The summed E-state index contributed by atoms with van der Waals surface area (Å²) in [7, 11) is -2.92. The maximum atomic E-state index is 11.6. The maximum absolute atomic E-state index is 11.6. The summed E-state index contributed by atoms with van der Waals surface area (Å²) in [5.74, 6) is 0.150. The van der Waals surface area contributed by atoms with Crippen LogP contribution in [0.4, 0.5) is 0 Å². The summed E-state index contributed by atoms with van der Waals surface area (Å²) in [6.45, 7) is 0. The molecule has 2 fully saturated rings. The second kappa shape index (κ2) is 3.94. The highest BCUT2D eigenvalue weighted by atomic mass is 35.5. The summed E-state index contributed by atoms with van der Waals surface area (Å²) in [6.07, 6.45) is 2.54. The zero-order valence-corrected chi connectivity index (χ0v) is 9.93. The molecule has 1 amide bonds. The number of carbonyl (C=O) groups excluding carboxylic acids is 1. The Morgan fingerprint density at radius 1 is 1.27 bits per heavy atom. The third-order valence-electron chi connectivity index (χ3n) is 2.94. The lowest BCUT2D eigenvalue weighted by atomic mass is 10.2. The highest BCUT2D eigenvalue weighted by Crippen LogP contribution is 2.32. The number of hydrogen-bond acceptors (Lipinski definition) is 3. The normalized spacial score (nSPS) is 29.0. The number of hydrogen-bond donors (Lipinski definition) is 0. The Morgan fingerprint density at radius 2 is 1.93 bits per heavy atom. The van der Waals surface area contributed by atoms with Crippen molar-refractivity contribution in [1.82, 2.24) is 4.90 Å². The van der Waals surface area contributed by atoms with Gasteiger partial charge in [0.15, 0.2) is 9.84 Å². The summed E-state index contributed by atoms with van der Waals surface area (Å²) in [6, 6.07) is 0.114. The Labute approximate surface area is 94.5 Å². The number of sulfone groups is 1. The van der Waals surface area contributed by atoms with E-state index < -0.39 is 9.84 Å². The van der Waals surface area contributed by atoms with Gasteiger partial charge in [-0.15, -0.1) is 11.6 Å². The number of nitrogens with zero attached hydrogens (tertiary/aromatic N) is 1. The first-order valence-corrected chi connectivity index (χ1v) is 7.46. The number of amides is 1. The number of alkyl halides is 1. The Balaban J connectivity index is 2.09. The molecule has 0 aromatic heterocycles. The van der Waals surface area contributed by atoms with Crippen molar-refractivity contribution in [2.75, 3.05) is 17.4 Å². The molecule has 0 N–H and O–H groups in total. The summed E-state index contributed by atoms with van der Waals surface area (Å²) in [4.78, 5) is 13.3. The predicted octanol–water partition coefficient (Wildman–Crippen LogP) is 0.403. The largest absolute Gasteiger partial charge is 0.335 e. The van der Waals surface area contributed by atoms with Crippen LogP contribution in [0.3, 0.4) is 0 Å². The van der Waals surface area contributed by atoms with Crippen LogP contribution in [0.1, 0.15) is 19.3 Å². The van der Waals surface area contributed by atoms with Crippen molar-refractivity contribution in [3.63, 3.8) is 0 Å². The zero-order chi connectivity index (χ0) is 11.1. The molecular weight excluding hydrogens is 238 g/mol. The molecule has 0 aromatic carbocycles. The van der Waals surface area contributed by atoms with Crippen LogP contribution < -0.4 is 0 Å². The molecule has 2 rings (SSSR count). The third kappa shape index (κ3) is 2.45. The van der Waals surface area contributed by atoms with Gasteiger partial charge < -0.3 is 4.90 Å². The molecule has 0 unspecified atom stereocenters.